The SMILES string of the molecule is CC(C)c1ccc(C(=O)N2CCSCC2CC(=O)O)cc1. The van der Waals surface area contributed by atoms with Gasteiger partial charge in [-0.1, -0.05) is 26.0 Å². The Morgan fingerprint density at radius 2 is 2.00 bits per heavy atom. The second kappa shape index (κ2) is 6.98. The number of amides is 1. The van der Waals surface area contributed by atoms with Crippen LogP contribution in [0.25, 0.3) is 0 Å². The lowest BCUT2D eigenvalue weighted by atomic mass is 10.0. The number of rotatable bonds is 4. The van der Waals surface area contributed by atoms with Crippen LogP contribution in [-0.2, 0) is 4.79 Å². The molecule has 21 heavy (non-hydrogen) atoms. The Morgan fingerprint density at radius 1 is 1.33 bits per heavy atom. The van der Waals surface area contributed by atoms with Gasteiger partial charge >= 0.3 is 5.97 Å². The highest BCUT2D eigenvalue weighted by atomic mass is 32.2. The summed E-state index contributed by atoms with van der Waals surface area (Å²) >= 11 is 1.71. The van der Waals surface area contributed by atoms with Crippen molar-refractivity contribution in [1.29, 1.82) is 0 Å². The Labute approximate surface area is 129 Å². The molecular weight excluding hydrogens is 286 g/mol. The van der Waals surface area contributed by atoms with Gasteiger partial charge in [-0.15, -0.1) is 0 Å². The van der Waals surface area contributed by atoms with Crippen LogP contribution in [0.1, 0.15) is 42.1 Å². The maximum Gasteiger partial charge on any atom is 0.305 e. The number of carbonyl (C=O) groups excluding carboxylic acids is 1. The van der Waals surface area contributed by atoms with E-state index >= 15 is 0 Å². The molecule has 0 aromatic heterocycles. The van der Waals surface area contributed by atoms with E-state index in [-0.39, 0.29) is 18.4 Å². The highest BCUT2D eigenvalue weighted by Gasteiger charge is 2.29. The van der Waals surface area contributed by atoms with Crippen LogP contribution in [0.3, 0.4) is 0 Å². The lowest BCUT2D eigenvalue weighted by Crippen LogP contribution is -2.47. The molecule has 5 heteroatoms. The minimum absolute atomic E-state index is 0.0167. The molecule has 1 amide bonds. The van der Waals surface area contributed by atoms with Crippen molar-refractivity contribution < 1.29 is 14.7 Å². The molecule has 0 aliphatic carbocycles. The van der Waals surface area contributed by atoms with Crippen molar-refractivity contribution >= 4 is 23.6 Å². The molecule has 1 saturated heterocycles. The fraction of sp³-hybridized carbons (Fsp3) is 0.500. The normalized spacial score (nSPS) is 18.8. The quantitative estimate of drug-likeness (QED) is 0.929. The zero-order chi connectivity index (χ0) is 15.4. The zero-order valence-electron chi connectivity index (χ0n) is 12.4. The van der Waals surface area contributed by atoms with E-state index in [0.29, 0.717) is 23.8 Å². The summed E-state index contributed by atoms with van der Waals surface area (Å²) in [5.41, 5.74) is 1.84. The highest BCUT2D eigenvalue weighted by Crippen LogP contribution is 2.22. The van der Waals surface area contributed by atoms with Crippen LogP contribution in [-0.4, -0.2) is 46.0 Å². The standard InChI is InChI=1S/C16H21NO3S/c1-11(2)12-3-5-13(6-4-12)16(20)17-7-8-21-10-14(17)9-15(18)19/h3-6,11,14H,7-10H2,1-2H3,(H,18,19). The number of hydrogen-bond acceptors (Lipinski definition) is 3. The van der Waals surface area contributed by atoms with Crippen molar-refractivity contribution in [3.63, 3.8) is 0 Å². The van der Waals surface area contributed by atoms with Crippen molar-refractivity contribution in [3.8, 4) is 0 Å². The monoisotopic (exact) mass is 307 g/mol. The van der Waals surface area contributed by atoms with E-state index in [2.05, 4.69) is 13.8 Å². The van der Waals surface area contributed by atoms with Gasteiger partial charge in [-0.3, -0.25) is 9.59 Å². The zero-order valence-corrected chi connectivity index (χ0v) is 13.2. The molecule has 1 aromatic rings. The average Bonchev–Trinajstić information content (AvgIpc) is 2.46. The van der Waals surface area contributed by atoms with Crippen molar-refractivity contribution in [2.75, 3.05) is 18.1 Å². The third-order valence-corrected chi connectivity index (χ3v) is 4.81. The molecule has 0 radical (unpaired) electrons. The molecule has 1 fully saturated rings. The lowest BCUT2D eigenvalue weighted by molar-refractivity contribution is -0.138. The van der Waals surface area contributed by atoms with Crippen molar-refractivity contribution in [2.24, 2.45) is 0 Å². The molecule has 1 N–H and O–H groups in total. The van der Waals surface area contributed by atoms with Gasteiger partial charge in [0, 0.05) is 23.6 Å². The van der Waals surface area contributed by atoms with Crippen LogP contribution in [0, 0.1) is 0 Å². The maximum atomic E-state index is 12.6. The number of thioether (sulfide) groups is 1. The molecule has 4 nitrogen and oxygen atoms in total. The summed E-state index contributed by atoms with van der Waals surface area (Å²) in [5.74, 6) is 1.08. The van der Waals surface area contributed by atoms with Crippen LogP contribution in [0.2, 0.25) is 0 Å². The summed E-state index contributed by atoms with van der Waals surface area (Å²) in [6, 6.07) is 7.43. The number of carboxylic acids is 1. The molecule has 1 unspecified atom stereocenters. The Morgan fingerprint density at radius 3 is 2.57 bits per heavy atom. The van der Waals surface area contributed by atoms with E-state index in [4.69, 9.17) is 5.11 Å². The summed E-state index contributed by atoms with van der Waals surface area (Å²) in [4.78, 5) is 25.3. The van der Waals surface area contributed by atoms with Crippen LogP contribution >= 0.6 is 11.8 Å². The summed E-state index contributed by atoms with van der Waals surface area (Å²) < 4.78 is 0. The molecular formula is C16H21NO3S. The topological polar surface area (TPSA) is 57.6 Å². The molecule has 1 aromatic carbocycles. The number of hydrogen-bond donors (Lipinski definition) is 1. The van der Waals surface area contributed by atoms with E-state index in [1.807, 2.05) is 24.3 Å². The van der Waals surface area contributed by atoms with E-state index in [1.54, 1.807) is 16.7 Å². The van der Waals surface area contributed by atoms with Crippen LogP contribution < -0.4 is 0 Å². The van der Waals surface area contributed by atoms with Gasteiger partial charge in [0.1, 0.15) is 0 Å². The van der Waals surface area contributed by atoms with Gasteiger partial charge in [-0.25, -0.2) is 0 Å². The van der Waals surface area contributed by atoms with E-state index in [9.17, 15) is 9.59 Å². The van der Waals surface area contributed by atoms with Crippen molar-refractivity contribution in [1.82, 2.24) is 4.90 Å². The number of carbonyl (C=O) groups is 2. The Balaban J connectivity index is 2.14. The maximum absolute atomic E-state index is 12.6. The molecule has 1 aliphatic heterocycles. The first-order chi connectivity index (χ1) is 9.99. The fourth-order valence-electron chi connectivity index (χ4n) is 2.47. The highest BCUT2D eigenvalue weighted by molar-refractivity contribution is 7.99. The Kier molecular flexibility index (Phi) is 5.28. The smallest absolute Gasteiger partial charge is 0.305 e. The van der Waals surface area contributed by atoms with E-state index in [1.165, 1.54) is 5.56 Å². The number of benzene rings is 1. The Hall–Kier alpha value is -1.49. The molecule has 1 atom stereocenters. The third kappa shape index (κ3) is 4.00. The van der Waals surface area contributed by atoms with Crippen molar-refractivity contribution in [3.05, 3.63) is 35.4 Å². The van der Waals surface area contributed by atoms with Gasteiger partial charge in [-0.05, 0) is 23.6 Å². The molecule has 1 heterocycles. The first kappa shape index (κ1) is 15.9. The molecule has 1 aliphatic rings. The number of nitrogens with zero attached hydrogens (tertiary/aromatic N) is 1. The molecule has 114 valence electrons. The second-order valence-corrected chi connectivity index (χ2v) is 6.75. The van der Waals surface area contributed by atoms with Crippen LogP contribution in [0.5, 0.6) is 0 Å². The molecule has 0 saturated carbocycles. The first-order valence-electron chi connectivity index (χ1n) is 7.19. The van der Waals surface area contributed by atoms with Gasteiger partial charge in [0.15, 0.2) is 0 Å². The van der Waals surface area contributed by atoms with E-state index < -0.39 is 5.97 Å². The van der Waals surface area contributed by atoms with Crippen LogP contribution in [0.15, 0.2) is 24.3 Å². The minimum Gasteiger partial charge on any atom is -0.481 e. The number of aliphatic carboxylic acids is 1. The molecule has 0 spiro atoms. The van der Waals surface area contributed by atoms with E-state index in [0.717, 1.165) is 5.75 Å². The summed E-state index contributed by atoms with van der Waals surface area (Å²) in [6.45, 7) is 4.84. The minimum atomic E-state index is -0.851. The predicted molar refractivity (Wildman–Crippen MR) is 84.9 cm³/mol. The molecule has 2 rings (SSSR count). The number of carboxylic acid groups (broad SMARTS) is 1. The van der Waals surface area contributed by atoms with Gasteiger partial charge in [0.2, 0.25) is 0 Å². The van der Waals surface area contributed by atoms with Gasteiger partial charge in [-0.2, -0.15) is 11.8 Å². The fourth-order valence-corrected chi connectivity index (χ4v) is 3.53. The summed E-state index contributed by atoms with van der Waals surface area (Å²) in [7, 11) is 0. The third-order valence-electron chi connectivity index (χ3n) is 3.72. The van der Waals surface area contributed by atoms with Gasteiger partial charge in [0.05, 0.1) is 12.5 Å². The second-order valence-electron chi connectivity index (χ2n) is 5.60. The predicted octanol–water partition coefficient (Wildman–Crippen LogP) is 2.84. The summed E-state index contributed by atoms with van der Waals surface area (Å²) in [6.07, 6.45) is 0.0167. The first-order valence-corrected chi connectivity index (χ1v) is 8.35. The largest absolute Gasteiger partial charge is 0.481 e. The molecule has 0 bridgehead atoms. The van der Waals surface area contributed by atoms with Gasteiger partial charge in [0.25, 0.3) is 5.91 Å². The van der Waals surface area contributed by atoms with Crippen LogP contribution in [0.4, 0.5) is 0 Å². The van der Waals surface area contributed by atoms with Crippen molar-refractivity contribution in [2.45, 2.75) is 32.2 Å². The average molecular weight is 307 g/mol. The lowest BCUT2D eigenvalue weighted by Gasteiger charge is -2.34. The Bertz CT molecular complexity index is 513. The van der Waals surface area contributed by atoms with Gasteiger partial charge < -0.3 is 10.0 Å². The summed E-state index contributed by atoms with van der Waals surface area (Å²) in [5, 5.41) is 8.99.